The Morgan fingerprint density at radius 3 is 2.69 bits per heavy atom. The van der Waals surface area contributed by atoms with Crippen LogP contribution in [0.15, 0.2) is 18.2 Å². The van der Waals surface area contributed by atoms with Gasteiger partial charge < -0.3 is 19.5 Å². The second-order valence-corrected chi connectivity index (χ2v) is 7.04. The van der Waals surface area contributed by atoms with E-state index in [2.05, 4.69) is 13.8 Å². The van der Waals surface area contributed by atoms with Gasteiger partial charge in [0.15, 0.2) is 18.1 Å². The molecule has 0 bridgehead atoms. The second-order valence-electron chi connectivity index (χ2n) is 7.04. The van der Waals surface area contributed by atoms with Crippen LogP contribution in [-0.4, -0.2) is 47.7 Å². The number of carbonyl (C=O) groups excluding carboxylic acids is 1. The molecule has 1 atom stereocenters. The number of carboxylic acids is 1. The average Bonchev–Trinajstić information content (AvgIpc) is 3.06. The fraction of sp³-hybridized carbons (Fsp3) is 0.600. The number of ether oxygens (including phenoxy) is 2. The third kappa shape index (κ3) is 5.38. The predicted molar refractivity (Wildman–Crippen MR) is 98.9 cm³/mol. The minimum Gasteiger partial charge on any atom is -0.490 e. The summed E-state index contributed by atoms with van der Waals surface area (Å²) < 4.78 is 10.8. The van der Waals surface area contributed by atoms with E-state index in [0.29, 0.717) is 35.6 Å². The van der Waals surface area contributed by atoms with Gasteiger partial charge >= 0.3 is 5.97 Å². The molecule has 0 aliphatic carbocycles. The number of carboxylic acid groups (broad SMARTS) is 1. The molecule has 1 N–H and O–H groups in total. The van der Waals surface area contributed by atoms with Gasteiger partial charge in [-0.2, -0.15) is 0 Å². The standard InChI is InChI=1S/C20H29NO5/c1-4-25-18-12-15(8-10-17(18)26-13-19(22)23)20(24)21-11-5-6-16(21)9-7-14(2)3/h8,10,12,14,16H,4-7,9,11,13H2,1-3H3,(H,22,23). The monoisotopic (exact) mass is 363 g/mol. The number of amides is 1. The van der Waals surface area contributed by atoms with Crippen LogP contribution >= 0.6 is 0 Å². The SMILES string of the molecule is CCOc1cc(C(=O)N2CCCC2CCC(C)C)ccc1OCC(=O)O. The topological polar surface area (TPSA) is 76.1 Å². The maximum Gasteiger partial charge on any atom is 0.341 e. The van der Waals surface area contributed by atoms with Crippen LogP contribution in [0.3, 0.4) is 0 Å². The maximum atomic E-state index is 13.0. The lowest BCUT2D eigenvalue weighted by atomic mass is 10.0. The molecule has 1 heterocycles. The predicted octanol–water partition coefficient (Wildman–Crippen LogP) is 3.59. The Kier molecular flexibility index (Phi) is 7.30. The van der Waals surface area contributed by atoms with Gasteiger partial charge in [0.25, 0.3) is 5.91 Å². The second kappa shape index (κ2) is 9.46. The van der Waals surface area contributed by atoms with Crippen molar-refractivity contribution in [2.24, 2.45) is 5.92 Å². The van der Waals surface area contributed by atoms with Gasteiger partial charge in [-0.3, -0.25) is 4.79 Å². The number of carbonyl (C=O) groups is 2. The molecule has 0 aromatic heterocycles. The molecule has 0 spiro atoms. The van der Waals surface area contributed by atoms with Crippen LogP contribution in [0, 0.1) is 5.92 Å². The Balaban J connectivity index is 2.14. The molecule has 2 rings (SSSR count). The third-order valence-corrected chi connectivity index (χ3v) is 4.56. The number of rotatable bonds is 9. The van der Waals surface area contributed by atoms with E-state index in [9.17, 15) is 9.59 Å². The van der Waals surface area contributed by atoms with Gasteiger partial charge in [0.05, 0.1) is 6.61 Å². The smallest absolute Gasteiger partial charge is 0.341 e. The number of aliphatic carboxylic acids is 1. The molecule has 6 nitrogen and oxygen atoms in total. The van der Waals surface area contributed by atoms with Gasteiger partial charge in [-0.25, -0.2) is 4.79 Å². The Labute approximate surface area is 155 Å². The highest BCUT2D eigenvalue weighted by molar-refractivity contribution is 5.95. The summed E-state index contributed by atoms with van der Waals surface area (Å²) in [5, 5.41) is 8.77. The van der Waals surface area contributed by atoms with Crippen molar-refractivity contribution in [2.45, 2.75) is 52.5 Å². The van der Waals surface area contributed by atoms with E-state index >= 15 is 0 Å². The third-order valence-electron chi connectivity index (χ3n) is 4.56. The van der Waals surface area contributed by atoms with Crippen LogP contribution < -0.4 is 9.47 Å². The number of likely N-dealkylation sites (tertiary alicyclic amines) is 1. The Morgan fingerprint density at radius 1 is 1.27 bits per heavy atom. The van der Waals surface area contributed by atoms with Crippen molar-refractivity contribution in [1.82, 2.24) is 4.90 Å². The van der Waals surface area contributed by atoms with E-state index in [4.69, 9.17) is 14.6 Å². The summed E-state index contributed by atoms with van der Waals surface area (Å²) in [7, 11) is 0. The molecule has 1 unspecified atom stereocenters. The van der Waals surface area contributed by atoms with E-state index < -0.39 is 12.6 Å². The fourth-order valence-electron chi connectivity index (χ4n) is 3.26. The van der Waals surface area contributed by atoms with E-state index in [1.165, 1.54) is 0 Å². The quantitative estimate of drug-likeness (QED) is 0.725. The summed E-state index contributed by atoms with van der Waals surface area (Å²) in [6.45, 7) is 6.97. The molecule has 1 fully saturated rings. The first-order chi connectivity index (χ1) is 12.4. The van der Waals surface area contributed by atoms with Crippen molar-refractivity contribution in [1.29, 1.82) is 0 Å². The summed E-state index contributed by atoms with van der Waals surface area (Å²) in [5.41, 5.74) is 0.549. The van der Waals surface area contributed by atoms with E-state index in [0.717, 1.165) is 32.2 Å². The Morgan fingerprint density at radius 2 is 2.04 bits per heavy atom. The zero-order valence-electron chi connectivity index (χ0n) is 15.9. The minimum atomic E-state index is -1.06. The molecule has 6 heteroatoms. The summed E-state index contributed by atoms with van der Waals surface area (Å²) in [5.74, 6) is 0.309. The minimum absolute atomic E-state index is 0.00185. The Hall–Kier alpha value is -2.24. The number of benzene rings is 1. The summed E-state index contributed by atoms with van der Waals surface area (Å²) in [6.07, 6.45) is 4.23. The first kappa shape index (κ1) is 20.1. The molecule has 1 aliphatic rings. The van der Waals surface area contributed by atoms with Crippen LogP contribution in [0.2, 0.25) is 0 Å². The molecule has 1 aliphatic heterocycles. The van der Waals surface area contributed by atoms with Crippen LogP contribution in [0.5, 0.6) is 11.5 Å². The maximum absolute atomic E-state index is 13.0. The van der Waals surface area contributed by atoms with Crippen molar-refractivity contribution in [2.75, 3.05) is 19.8 Å². The molecule has 1 aromatic carbocycles. The normalized spacial score (nSPS) is 16.8. The zero-order valence-corrected chi connectivity index (χ0v) is 15.9. The van der Waals surface area contributed by atoms with Crippen LogP contribution in [0.1, 0.15) is 56.8 Å². The molecular formula is C20H29NO5. The van der Waals surface area contributed by atoms with Crippen molar-refractivity contribution in [3.8, 4) is 11.5 Å². The van der Waals surface area contributed by atoms with Gasteiger partial charge in [-0.15, -0.1) is 0 Å². The van der Waals surface area contributed by atoms with Crippen molar-refractivity contribution < 1.29 is 24.2 Å². The molecule has 144 valence electrons. The fourth-order valence-corrected chi connectivity index (χ4v) is 3.26. The first-order valence-electron chi connectivity index (χ1n) is 9.34. The van der Waals surface area contributed by atoms with Crippen molar-refractivity contribution >= 4 is 11.9 Å². The molecule has 1 aromatic rings. The number of nitrogens with zero attached hydrogens (tertiary/aromatic N) is 1. The van der Waals surface area contributed by atoms with Gasteiger partial charge in [-0.1, -0.05) is 13.8 Å². The highest BCUT2D eigenvalue weighted by Crippen LogP contribution is 2.31. The van der Waals surface area contributed by atoms with Gasteiger partial charge in [0.2, 0.25) is 0 Å². The summed E-state index contributed by atoms with van der Waals surface area (Å²) in [4.78, 5) is 25.6. The summed E-state index contributed by atoms with van der Waals surface area (Å²) in [6, 6.07) is 5.24. The lowest BCUT2D eigenvalue weighted by Gasteiger charge is -2.26. The molecule has 0 radical (unpaired) electrons. The number of hydrogen-bond acceptors (Lipinski definition) is 4. The van der Waals surface area contributed by atoms with Crippen molar-refractivity contribution in [3.63, 3.8) is 0 Å². The first-order valence-corrected chi connectivity index (χ1v) is 9.34. The van der Waals surface area contributed by atoms with Crippen LogP contribution in [-0.2, 0) is 4.79 Å². The van der Waals surface area contributed by atoms with Gasteiger partial charge in [-0.05, 0) is 56.7 Å². The van der Waals surface area contributed by atoms with Crippen molar-refractivity contribution in [3.05, 3.63) is 23.8 Å². The molecule has 26 heavy (non-hydrogen) atoms. The van der Waals surface area contributed by atoms with Crippen LogP contribution in [0.4, 0.5) is 0 Å². The zero-order chi connectivity index (χ0) is 19.1. The van der Waals surface area contributed by atoms with E-state index in [1.54, 1.807) is 18.2 Å². The molecule has 0 saturated carbocycles. The molecular weight excluding hydrogens is 334 g/mol. The van der Waals surface area contributed by atoms with E-state index in [1.807, 2.05) is 11.8 Å². The largest absolute Gasteiger partial charge is 0.490 e. The number of hydrogen-bond donors (Lipinski definition) is 1. The van der Waals surface area contributed by atoms with Crippen LogP contribution in [0.25, 0.3) is 0 Å². The van der Waals surface area contributed by atoms with Gasteiger partial charge in [0, 0.05) is 18.2 Å². The lowest BCUT2D eigenvalue weighted by Crippen LogP contribution is -2.35. The molecule has 1 amide bonds. The van der Waals surface area contributed by atoms with Gasteiger partial charge in [0.1, 0.15) is 0 Å². The highest BCUT2D eigenvalue weighted by atomic mass is 16.5. The lowest BCUT2D eigenvalue weighted by molar-refractivity contribution is -0.139. The molecule has 1 saturated heterocycles. The summed E-state index contributed by atoms with van der Waals surface area (Å²) >= 11 is 0. The van der Waals surface area contributed by atoms with E-state index in [-0.39, 0.29) is 5.91 Å². The Bertz CT molecular complexity index is 629. The highest BCUT2D eigenvalue weighted by Gasteiger charge is 2.29. The average molecular weight is 363 g/mol.